The zero-order valence-electron chi connectivity index (χ0n) is 20.8. The number of carbonyl (C=O) groups excluding carboxylic acids is 1. The lowest BCUT2D eigenvalue weighted by molar-refractivity contribution is 0.103. The Morgan fingerprint density at radius 2 is 1.92 bits per heavy atom. The lowest BCUT2D eigenvalue weighted by Crippen LogP contribution is -2.43. The maximum Gasteiger partial charge on any atom is 0.214 e. The second-order valence-electron chi connectivity index (χ2n) is 8.93. The third-order valence-electron chi connectivity index (χ3n) is 6.22. The molecule has 0 amide bonds. The zero-order valence-corrected chi connectivity index (χ0v) is 22.4. The molecule has 13 heteroatoms. The summed E-state index contributed by atoms with van der Waals surface area (Å²) in [4.78, 5) is 18.7. The number of nitrogens with one attached hydrogen (secondary N) is 1. The molecule has 0 aliphatic carbocycles. The first-order chi connectivity index (χ1) is 17.7. The van der Waals surface area contributed by atoms with Crippen LogP contribution in [0.4, 0.5) is 19.7 Å². The van der Waals surface area contributed by atoms with Crippen molar-refractivity contribution < 1.29 is 22.0 Å². The van der Waals surface area contributed by atoms with E-state index in [2.05, 4.69) is 23.3 Å². The molecular weight excluding hydrogens is 522 g/mol. The first-order valence-electron chi connectivity index (χ1n) is 12.2. The van der Waals surface area contributed by atoms with Crippen molar-refractivity contribution in [2.45, 2.75) is 45.1 Å². The smallest absolute Gasteiger partial charge is 0.214 e. The minimum absolute atomic E-state index is 0.0280. The summed E-state index contributed by atoms with van der Waals surface area (Å²) < 4.78 is 55.2. The van der Waals surface area contributed by atoms with Gasteiger partial charge in [0.2, 0.25) is 15.8 Å². The number of piperidine rings is 1. The van der Waals surface area contributed by atoms with Crippen molar-refractivity contribution >= 4 is 38.1 Å². The summed E-state index contributed by atoms with van der Waals surface area (Å²) in [5.74, 6) is -2.91. The number of anilines is 2. The molecule has 1 saturated heterocycles. The Bertz CT molecular complexity index is 1200. The Kier molecular flexibility index (Phi) is 10.3. The van der Waals surface area contributed by atoms with E-state index >= 15 is 0 Å². The molecule has 0 atom stereocenters. The summed E-state index contributed by atoms with van der Waals surface area (Å²) in [7, 11) is -3.42. The third-order valence-corrected chi connectivity index (χ3v) is 9.18. The van der Waals surface area contributed by atoms with Crippen molar-refractivity contribution in [3.63, 3.8) is 0 Å². The molecule has 2 heterocycles. The van der Waals surface area contributed by atoms with Crippen LogP contribution in [0.2, 0.25) is 0 Å². The Morgan fingerprint density at radius 1 is 1.27 bits per heavy atom. The van der Waals surface area contributed by atoms with Crippen LogP contribution < -0.4 is 11.1 Å². The molecule has 0 bridgehead atoms. The molecule has 202 valence electrons. The van der Waals surface area contributed by atoms with Crippen molar-refractivity contribution in [2.75, 3.05) is 49.5 Å². The van der Waals surface area contributed by atoms with E-state index in [1.807, 2.05) is 4.90 Å². The standard InChI is InChI=1S/C24H32F2N6O3S2/c1-2-3-11-31(15-10-27)12-5-16-37(34,35)32-13-8-17(9-14-32)29-24-30-23(28)22(36-24)21(33)20-18(25)6-4-7-19(20)26/h4,6-7,17H,2-3,5,8-9,11-16,28H2,1H3,(H,29,30). The molecule has 2 aromatic rings. The monoisotopic (exact) mass is 554 g/mol. The van der Waals surface area contributed by atoms with E-state index < -0.39 is 33.0 Å². The van der Waals surface area contributed by atoms with Crippen LogP contribution in [0.15, 0.2) is 18.2 Å². The van der Waals surface area contributed by atoms with Gasteiger partial charge in [-0.25, -0.2) is 26.5 Å². The van der Waals surface area contributed by atoms with Crippen molar-refractivity contribution in [1.29, 1.82) is 5.26 Å². The van der Waals surface area contributed by atoms with Crippen LogP contribution >= 0.6 is 11.3 Å². The fraction of sp³-hybridized carbons (Fsp3) is 0.542. The minimum Gasteiger partial charge on any atom is -0.382 e. The van der Waals surface area contributed by atoms with E-state index in [-0.39, 0.29) is 22.5 Å². The predicted molar refractivity (Wildman–Crippen MR) is 140 cm³/mol. The topological polar surface area (TPSA) is 132 Å². The van der Waals surface area contributed by atoms with Gasteiger partial charge in [-0.05, 0) is 44.4 Å². The summed E-state index contributed by atoms with van der Waals surface area (Å²) in [6.45, 7) is 4.39. The van der Waals surface area contributed by atoms with Crippen molar-refractivity contribution in [1.82, 2.24) is 14.2 Å². The number of nitrogen functional groups attached to an aromatic ring is 1. The summed E-state index contributed by atoms with van der Waals surface area (Å²) >= 11 is 0.914. The molecule has 1 aliphatic heterocycles. The van der Waals surface area contributed by atoms with E-state index in [1.54, 1.807) is 0 Å². The van der Waals surface area contributed by atoms with E-state index in [4.69, 9.17) is 11.0 Å². The average Bonchev–Trinajstić information content (AvgIpc) is 3.22. The van der Waals surface area contributed by atoms with Crippen LogP contribution in [-0.4, -0.2) is 72.9 Å². The van der Waals surface area contributed by atoms with Gasteiger partial charge in [-0.2, -0.15) is 5.26 Å². The number of hydrogen-bond donors (Lipinski definition) is 2. The van der Waals surface area contributed by atoms with E-state index in [0.717, 1.165) is 42.9 Å². The number of unbranched alkanes of at least 4 members (excludes halogenated alkanes) is 1. The van der Waals surface area contributed by atoms with E-state index in [0.29, 0.717) is 50.6 Å². The highest BCUT2D eigenvalue weighted by molar-refractivity contribution is 7.89. The van der Waals surface area contributed by atoms with Gasteiger partial charge in [0.15, 0.2) is 5.13 Å². The summed E-state index contributed by atoms with van der Waals surface area (Å²) in [6.07, 6.45) is 3.50. The van der Waals surface area contributed by atoms with Gasteiger partial charge < -0.3 is 11.1 Å². The van der Waals surface area contributed by atoms with Gasteiger partial charge in [-0.15, -0.1) is 0 Å². The lowest BCUT2D eigenvalue weighted by Gasteiger charge is -2.31. The number of nitrogens with two attached hydrogens (primary N) is 1. The van der Waals surface area contributed by atoms with E-state index in [1.165, 1.54) is 10.4 Å². The number of nitrogens with zero attached hydrogens (tertiary/aromatic N) is 4. The lowest BCUT2D eigenvalue weighted by atomic mass is 10.1. The van der Waals surface area contributed by atoms with Gasteiger partial charge in [-0.3, -0.25) is 9.69 Å². The van der Waals surface area contributed by atoms with Gasteiger partial charge >= 0.3 is 0 Å². The van der Waals surface area contributed by atoms with Crippen LogP contribution in [0.3, 0.4) is 0 Å². The molecule has 3 N–H and O–H groups in total. The molecule has 0 unspecified atom stereocenters. The molecule has 1 aromatic heterocycles. The number of thiazole rings is 1. The van der Waals surface area contributed by atoms with Crippen LogP contribution in [0.5, 0.6) is 0 Å². The maximum absolute atomic E-state index is 14.0. The van der Waals surface area contributed by atoms with Gasteiger partial charge in [0.25, 0.3) is 0 Å². The maximum atomic E-state index is 14.0. The third kappa shape index (κ3) is 7.67. The normalized spacial score (nSPS) is 15.1. The number of carbonyl (C=O) groups is 1. The first-order valence-corrected chi connectivity index (χ1v) is 14.7. The molecule has 9 nitrogen and oxygen atoms in total. The molecule has 37 heavy (non-hydrogen) atoms. The molecular formula is C24H32F2N6O3S2. The van der Waals surface area contributed by atoms with Crippen molar-refractivity contribution in [3.8, 4) is 6.07 Å². The highest BCUT2D eigenvalue weighted by Gasteiger charge is 2.29. The molecule has 0 saturated carbocycles. The SMILES string of the molecule is CCCCN(CC#N)CCCS(=O)(=O)N1CCC(Nc2nc(N)c(C(=O)c3c(F)cccc3F)s2)CC1. The van der Waals surface area contributed by atoms with E-state index in [9.17, 15) is 22.0 Å². The number of rotatable bonds is 13. The molecule has 0 radical (unpaired) electrons. The molecule has 1 aromatic carbocycles. The first kappa shape index (κ1) is 28.9. The van der Waals surface area contributed by atoms with Crippen molar-refractivity contribution in [2.24, 2.45) is 0 Å². The largest absolute Gasteiger partial charge is 0.382 e. The van der Waals surface area contributed by atoms with Gasteiger partial charge in [0, 0.05) is 25.7 Å². The number of nitriles is 1. The number of benzene rings is 1. The Morgan fingerprint density at radius 3 is 2.54 bits per heavy atom. The highest BCUT2D eigenvalue weighted by Crippen LogP contribution is 2.30. The van der Waals surface area contributed by atoms with Gasteiger partial charge in [0.05, 0.1) is 23.9 Å². The Balaban J connectivity index is 1.52. The second kappa shape index (κ2) is 13.2. The van der Waals surface area contributed by atoms with Crippen molar-refractivity contribution in [3.05, 3.63) is 40.3 Å². The minimum atomic E-state index is -3.42. The van der Waals surface area contributed by atoms with Crippen LogP contribution in [0.1, 0.15) is 54.3 Å². The summed E-state index contributed by atoms with van der Waals surface area (Å²) in [6, 6.07) is 5.22. The zero-order chi connectivity index (χ0) is 27.0. The van der Waals surface area contributed by atoms with Crippen LogP contribution in [0, 0.1) is 23.0 Å². The molecule has 1 fully saturated rings. The van der Waals surface area contributed by atoms with Crippen LogP contribution in [-0.2, 0) is 10.0 Å². The number of aromatic nitrogens is 1. The number of hydrogen-bond acceptors (Lipinski definition) is 9. The quantitative estimate of drug-likeness (QED) is 0.284. The number of halogens is 2. The summed E-state index contributed by atoms with van der Waals surface area (Å²) in [5.41, 5.74) is 5.19. The fourth-order valence-electron chi connectivity index (χ4n) is 4.19. The number of ketones is 1. The predicted octanol–water partition coefficient (Wildman–Crippen LogP) is 3.46. The van der Waals surface area contributed by atoms with Gasteiger partial charge in [-0.1, -0.05) is 30.7 Å². The Hall–Kier alpha value is -2.66. The Labute approximate surface area is 220 Å². The molecule has 0 spiro atoms. The fourth-order valence-corrected chi connectivity index (χ4v) is 6.62. The molecule has 3 rings (SSSR count). The highest BCUT2D eigenvalue weighted by atomic mass is 32.2. The molecule has 1 aliphatic rings. The number of sulfonamides is 1. The summed E-state index contributed by atoms with van der Waals surface area (Å²) in [5, 5.41) is 12.5. The average molecular weight is 555 g/mol. The second-order valence-corrected chi connectivity index (χ2v) is 12.0. The van der Waals surface area contributed by atoms with Crippen LogP contribution in [0.25, 0.3) is 0 Å². The van der Waals surface area contributed by atoms with Gasteiger partial charge in [0.1, 0.15) is 22.3 Å².